The maximum Gasteiger partial charge on any atom is 0.141 e. The molecule has 0 aromatic carbocycles. The molecule has 0 aliphatic rings. The molecule has 0 aliphatic heterocycles. The fourth-order valence-corrected chi connectivity index (χ4v) is 1.43. The van der Waals surface area contributed by atoms with Gasteiger partial charge in [0.15, 0.2) is 0 Å². The lowest BCUT2D eigenvalue weighted by molar-refractivity contribution is 0.145. The van der Waals surface area contributed by atoms with Gasteiger partial charge in [-0.3, -0.25) is 9.67 Å². The molecule has 0 radical (unpaired) electrons. The molecule has 1 unspecified atom stereocenters. The van der Waals surface area contributed by atoms with Gasteiger partial charge < -0.3 is 10.8 Å². The van der Waals surface area contributed by atoms with Gasteiger partial charge in [0.25, 0.3) is 0 Å². The van der Waals surface area contributed by atoms with Crippen molar-refractivity contribution in [2.75, 3.05) is 5.73 Å². The van der Waals surface area contributed by atoms with Crippen LogP contribution in [0.15, 0.2) is 24.8 Å². The van der Waals surface area contributed by atoms with E-state index in [0.717, 1.165) is 11.3 Å². The highest BCUT2D eigenvalue weighted by Crippen LogP contribution is 2.15. The van der Waals surface area contributed by atoms with Gasteiger partial charge in [0, 0.05) is 11.8 Å². The standard InChI is InChI=1S/C11H15N5O/c1-2-9(17)7-16-6-8(3-15-16)10-4-14-11(12)5-13-10/h3-6,9,17H,2,7H2,1H3,(H2,12,14). The maximum atomic E-state index is 9.52. The molecule has 2 aromatic rings. The SMILES string of the molecule is CCC(O)Cn1cc(-c2cnc(N)cn2)cn1. The number of nitrogens with two attached hydrogens (primary N) is 1. The fraction of sp³-hybridized carbons (Fsp3) is 0.364. The molecule has 0 amide bonds. The number of aromatic nitrogens is 4. The summed E-state index contributed by atoms with van der Waals surface area (Å²) in [6.07, 6.45) is 6.97. The van der Waals surface area contributed by atoms with E-state index in [1.54, 1.807) is 17.1 Å². The molecule has 6 heteroatoms. The number of nitrogens with zero attached hydrogens (tertiary/aromatic N) is 4. The van der Waals surface area contributed by atoms with Crippen LogP contribution in [0.1, 0.15) is 13.3 Å². The molecule has 0 saturated heterocycles. The summed E-state index contributed by atoms with van der Waals surface area (Å²) in [4.78, 5) is 8.13. The summed E-state index contributed by atoms with van der Waals surface area (Å²) in [5, 5.41) is 13.7. The summed E-state index contributed by atoms with van der Waals surface area (Å²) in [6, 6.07) is 0. The van der Waals surface area contributed by atoms with Crippen molar-refractivity contribution in [3.05, 3.63) is 24.8 Å². The molecule has 0 bridgehead atoms. The topological polar surface area (TPSA) is 89.8 Å². The second kappa shape index (κ2) is 4.92. The zero-order valence-corrected chi connectivity index (χ0v) is 9.61. The lowest BCUT2D eigenvalue weighted by atomic mass is 10.2. The molecule has 2 aromatic heterocycles. The summed E-state index contributed by atoms with van der Waals surface area (Å²) in [5.41, 5.74) is 7.05. The number of aliphatic hydroxyl groups is 1. The first-order valence-electron chi connectivity index (χ1n) is 5.47. The Morgan fingerprint density at radius 1 is 1.35 bits per heavy atom. The van der Waals surface area contributed by atoms with Gasteiger partial charge in [-0.15, -0.1) is 0 Å². The molecule has 1 atom stereocenters. The molecule has 0 fully saturated rings. The van der Waals surface area contributed by atoms with Crippen molar-refractivity contribution in [3.63, 3.8) is 0 Å². The predicted octanol–water partition coefficient (Wildman–Crippen LogP) is 0.693. The van der Waals surface area contributed by atoms with Gasteiger partial charge in [0.05, 0.1) is 36.9 Å². The Morgan fingerprint density at radius 3 is 2.82 bits per heavy atom. The van der Waals surface area contributed by atoms with E-state index in [0.29, 0.717) is 18.8 Å². The first kappa shape index (κ1) is 11.5. The zero-order chi connectivity index (χ0) is 12.3. The second-order valence-corrected chi connectivity index (χ2v) is 3.84. The molecule has 3 N–H and O–H groups in total. The van der Waals surface area contributed by atoms with Gasteiger partial charge in [-0.05, 0) is 6.42 Å². The van der Waals surface area contributed by atoms with Crippen LogP contribution in [0.4, 0.5) is 5.82 Å². The Hall–Kier alpha value is -1.95. The summed E-state index contributed by atoms with van der Waals surface area (Å²) in [6.45, 7) is 2.42. The number of anilines is 1. The highest BCUT2D eigenvalue weighted by Gasteiger charge is 2.06. The van der Waals surface area contributed by atoms with Gasteiger partial charge >= 0.3 is 0 Å². The van der Waals surface area contributed by atoms with Crippen molar-refractivity contribution >= 4 is 5.82 Å². The van der Waals surface area contributed by atoms with E-state index in [9.17, 15) is 5.11 Å². The third kappa shape index (κ3) is 2.79. The van der Waals surface area contributed by atoms with E-state index in [1.165, 1.54) is 6.20 Å². The minimum atomic E-state index is -0.375. The number of hydrogen-bond acceptors (Lipinski definition) is 5. The highest BCUT2D eigenvalue weighted by molar-refractivity contribution is 5.56. The van der Waals surface area contributed by atoms with Crippen LogP contribution in [0.2, 0.25) is 0 Å². The smallest absolute Gasteiger partial charge is 0.141 e. The van der Waals surface area contributed by atoms with E-state index >= 15 is 0 Å². The van der Waals surface area contributed by atoms with Crippen LogP contribution >= 0.6 is 0 Å². The van der Waals surface area contributed by atoms with Crippen LogP contribution in [0.25, 0.3) is 11.3 Å². The van der Waals surface area contributed by atoms with Gasteiger partial charge in [-0.2, -0.15) is 5.10 Å². The Bertz CT molecular complexity index is 479. The third-order valence-electron chi connectivity index (χ3n) is 2.47. The zero-order valence-electron chi connectivity index (χ0n) is 9.61. The van der Waals surface area contributed by atoms with Crippen molar-refractivity contribution < 1.29 is 5.11 Å². The quantitative estimate of drug-likeness (QED) is 0.811. The normalized spacial score (nSPS) is 12.6. The number of aliphatic hydroxyl groups excluding tert-OH is 1. The van der Waals surface area contributed by atoms with Gasteiger partial charge in [-0.1, -0.05) is 6.92 Å². The Morgan fingerprint density at radius 2 is 2.18 bits per heavy atom. The molecular formula is C11H15N5O. The summed E-state index contributed by atoms with van der Waals surface area (Å²) >= 11 is 0. The average Bonchev–Trinajstić information content (AvgIpc) is 2.78. The number of hydrogen-bond donors (Lipinski definition) is 2. The number of rotatable bonds is 4. The molecule has 6 nitrogen and oxygen atoms in total. The Balaban J connectivity index is 2.15. The minimum Gasteiger partial charge on any atom is -0.391 e. The summed E-state index contributed by atoms with van der Waals surface area (Å²) in [7, 11) is 0. The van der Waals surface area contributed by atoms with Crippen LogP contribution < -0.4 is 5.73 Å². The molecule has 0 saturated carbocycles. The molecule has 2 heterocycles. The van der Waals surface area contributed by atoms with Gasteiger partial charge in [-0.25, -0.2) is 4.98 Å². The van der Waals surface area contributed by atoms with Crippen molar-refractivity contribution in [2.24, 2.45) is 0 Å². The average molecular weight is 233 g/mol. The molecule has 0 aliphatic carbocycles. The van der Waals surface area contributed by atoms with Gasteiger partial charge in [0.1, 0.15) is 5.82 Å². The Labute approximate surface area is 99.1 Å². The molecule has 2 rings (SSSR count). The van der Waals surface area contributed by atoms with Crippen molar-refractivity contribution in [1.29, 1.82) is 0 Å². The molecule has 90 valence electrons. The summed E-state index contributed by atoms with van der Waals surface area (Å²) in [5.74, 6) is 0.391. The second-order valence-electron chi connectivity index (χ2n) is 3.84. The van der Waals surface area contributed by atoms with Crippen LogP contribution in [-0.2, 0) is 6.54 Å². The van der Waals surface area contributed by atoms with E-state index in [2.05, 4.69) is 15.1 Å². The van der Waals surface area contributed by atoms with Crippen LogP contribution in [0.5, 0.6) is 0 Å². The first-order chi connectivity index (χ1) is 8.19. The highest BCUT2D eigenvalue weighted by atomic mass is 16.3. The minimum absolute atomic E-state index is 0.375. The van der Waals surface area contributed by atoms with Gasteiger partial charge in [0.2, 0.25) is 0 Å². The largest absolute Gasteiger partial charge is 0.391 e. The lowest BCUT2D eigenvalue weighted by Crippen LogP contribution is -2.14. The predicted molar refractivity (Wildman–Crippen MR) is 64.0 cm³/mol. The van der Waals surface area contributed by atoms with Crippen LogP contribution in [-0.4, -0.2) is 31.0 Å². The van der Waals surface area contributed by atoms with Crippen molar-refractivity contribution in [3.8, 4) is 11.3 Å². The van der Waals surface area contributed by atoms with E-state index in [4.69, 9.17) is 5.73 Å². The van der Waals surface area contributed by atoms with Crippen LogP contribution in [0, 0.1) is 0 Å². The van der Waals surface area contributed by atoms with Crippen LogP contribution in [0.3, 0.4) is 0 Å². The first-order valence-corrected chi connectivity index (χ1v) is 5.47. The Kier molecular flexibility index (Phi) is 3.34. The van der Waals surface area contributed by atoms with E-state index < -0.39 is 0 Å². The molecule has 17 heavy (non-hydrogen) atoms. The lowest BCUT2D eigenvalue weighted by Gasteiger charge is -2.06. The summed E-state index contributed by atoms with van der Waals surface area (Å²) < 4.78 is 1.70. The van der Waals surface area contributed by atoms with E-state index in [-0.39, 0.29) is 6.10 Å². The fourth-order valence-electron chi connectivity index (χ4n) is 1.43. The molecule has 0 spiro atoms. The maximum absolute atomic E-state index is 9.52. The third-order valence-corrected chi connectivity index (χ3v) is 2.47. The van der Waals surface area contributed by atoms with Crippen molar-refractivity contribution in [2.45, 2.75) is 26.0 Å². The van der Waals surface area contributed by atoms with E-state index in [1.807, 2.05) is 13.1 Å². The molecular weight excluding hydrogens is 218 g/mol. The number of nitrogen functional groups attached to an aromatic ring is 1. The van der Waals surface area contributed by atoms with Crippen molar-refractivity contribution in [1.82, 2.24) is 19.7 Å². The monoisotopic (exact) mass is 233 g/mol.